The fourth-order valence-corrected chi connectivity index (χ4v) is 2.09. The molecule has 1 aliphatic heterocycles. The molecule has 6 heteroatoms. The van der Waals surface area contributed by atoms with E-state index in [0.29, 0.717) is 12.3 Å². The van der Waals surface area contributed by atoms with Gasteiger partial charge in [-0.15, -0.1) is 0 Å². The Balaban J connectivity index is 2.03. The Labute approximate surface area is 109 Å². The van der Waals surface area contributed by atoms with Gasteiger partial charge in [0.05, 0.1) is 11.1 Å². The van der Waals surface area contributed by atoms with E-state index in [2.05, 4.69) is 0 Å². The second-order valence-electron chi connectivity index (χ2n) is 4.21. The Morgan fingerprint density at radius 1 is 1.61 bits per heavy atom. The molecule has 0 aliphatic carbocycles. The van der Waals surface area contributed by atoms with Gasteiger partial charge in [0.15, 0.2) is 0 Å². The minimum atomic E-state index is -0.494. The highest BCUT2D eigenvalue weighted by atomic mass is 35.5. The molecule has 0 saturated carbocycles. The van der Waals surface area contributed by atoms with Crippen LogP contribution in [0, 0.1) is 12.2 Å². The SMILES string of the molecule is CN1CC(Oc2ccc(F)c(Cl)c2)[CH]C1C(N)=O. The van der Waals surface area contributed by atoms with Crippen molar-refractivity contribution in [3.8, 4) is 5.75 Å². The molecule has 1 aromatic rings. The number of halogens is 2. The zero-order chi connectivity index (χ0) is 13.3. The van der Waals surface area contributed by atoms with Crippen LogP contribution in [0.5, 0.6) is 5.75 Å². The second kappa shape index (κ2) is 5.12. The first-order valence-electron chi connectivity index (χ1n) is 5.43. The molecule has 1 aliphatic rings. The molecule has 1 aromatic carbocycles. The van der Waals surface area contributed by atoms with Crippen LogP contribution in [0.3, 0.4) is 0 Å². The van der Waals surface area contributed by atoms with Crippen molar-refractivity contribution in [1.82, 2.24) is 4.90 Å². The van der Waals surface area contributed by atoms with Crippen LogP contribution in [0.4, 0.5) is 4.39 Å². The first kappa shape index (κ1) is 13.1. The van der Waals surface area contributed by atoms with Gasteiger partial charge in [-0.25, -0.2) is 4.39 Å². The van der Waals surface area contributed by atoms with Gasteiger partial charge in [-0.3, -0.25) is 9.69 Å². The summed E-state index contributed by atoms with van der Waals surface area (Å²) in [5, 5.41) is 0.00491. The highest BCUT2D eigenvalue weighted by Crippen LogP contribution is 2.25. The van der Waals surface area contributed by atoms with E-state index in [1.165, 1.54) is 18.2 Å². The number of nitrogens with two attached hydrogens (primary N) is 1. The minimum Gasteiger partial charge on any atom is -0.489 e. The summed E-state index contributed by atoms with van der Waals surface area (Å²) in [7, 11) is 1.78. The van der Waals surface area contributed by atoms with Crippen LogP contribution in [0.1, 0.15) is 0 Å². The summed E-state index contributed by atoms with van der Waals surface area (Å²) in [4.78, 5) is 12.9. The fraction of sp³-hybridized carbons (Fsp3) is 0.333. The molecular weight excluding hydrogens is 259 g/mol. The van der Waals surface area contributed by atoms with Crippen molar-refractivity contribution in [2.45, 2.75) is 12.1 Å². The van der Waals surface area contributed by atoms with Crippen molar-refractivity contribution in [1.29, 1.82) is 0 Å². The molecule has 0 spiro atoms. The predicted octanol–water partition coefficient (Wildman–Crippen LogP) is 1.23. The normalized spacial score (nSPS) is 24.2. The number of rotatable bonds is 3. The largest absolute Gasteiger partial charge is 0.489 e. The fourth-order valence-electron chi connectivity index (χ4n) is 1.92. The van der Waals surface area contributed by atoms with Gasteiger partial charge in [0.2, 0.25) is 5.91 Å². The number of hydrogen-bond acceptors (Lipinski definition) is 3. The first-order valence-corrected chi connectivity index (χ1v) is 5.81. The average molecular weight is 272 g/mol. The van der Waals surface area contributed by atoms with Crippen molar-refractivity contribution in [3.63, 3.8) is 0 Å². The quantitative estimate of drug-likeness (QED) is 0.900. The van der Waals surface area contributed by atoms with Crippen molar-refractivity contribution in [2.75, 3.05) is 13.6 Å². The average Bonchev–Trinajstić information content (AvgIpc) is 2.65. The lowest BCUT2D eigenvalue weighted by atomic mass is 10.2. The monoisotopic (exact) mass is 271 g/mol. The molecular formula is C12H13ClFN2O2. The summed E-state index contributed by atoms with van der Waals surface area (Å²) in [5.41, 5.74) is 5.25. The molecule has 2 N–H and O–H groups in total. The van der Waals surface area contributed by atoms with Crippen molar-refractivity contribution < 1.29 is 13.9 Å². The van der Waals surface area contributed by atoms with E-state index in [-0.39, 0.29) is 11.1 Å². The number of ether oxygens (including phenoxy) is 1. The molecule has 1 saturated heterocycles. The number of amides is 1. The van der Waals surface area contributed by atoms with Crippen LogP contribution < -0.4 is 10.5 Å². The maximum atomic E-state index is 13.0. The van der Waals surface area contributed by atoms with E-state index >= 15 is 0 Å². The standard InChI is InChI=1S/C12H13ClFN2O2/c1-16-6-8(5-11(16)12(15)17)18-7-2-3-10(14)9(13)4-7/h2-5,8,11H,6H2,1H3,(H2,15,17). The molecule has 1 fully saturated rings. The van der Waals surface area contributed by atoms with E-state index in [9.17, 15) is 9.18 Å². The van der Waals surface area contributed by atoms with E-state index in [0.717, 1.165) is 0 Å². The van der Waals surface area contributed by atoms with Gasteiger partial charge >= 0.3 is 0 Å². The van der Waals surface area contributed by atoms with Crippen LogP contribution in [0.2, 0.25) is 5.02 Å². The molecule has 1 radical (unpaired) electrons. The molecule has 2 unspecified atom stereocenters. The summed E-state index contributed by atoms with van der Waals surface area (Å²) in [6, 6.07) is 3.70. The van der Waals surface area contributed by atoms with Crippen molar-refractivity contribution in [2.24, 2.45) is 5.73 Å². The molecule has 0 bridgehead atoms. The number of carbonyl (C=O) groups is 1. The zero-order valence-corrected chi connectivity index (χ0v) is 10.5. The number of likely N-dealkylation sites (tertiary alicyclic amines) is 1. The lowest BCUT2D eigenvalue weighted by Crippen LogP contribution is -2.37. The number of benzene rings is 1. The number of likely N-dealkylation sites (N-methyl/N-ethyl adjacent to an activating group) is 1. The number of hydrogen-bond donors (Lipinski definition) is 1. The highest BCUT2D eigenvalue weighted by Gasteiger charge is 2.34. The summed E-state index contributed by atoms with van der Waals surface area (Å²) in [6.07, 6.45) is 1.45. The van der Waals surface area contributed by atoms with Gasteiger partial charge in [0.1, 0.15) is 17.7 Å². The van der Waals surface area contributed by atoms with Crippen molar-refractivity contribution in [3.05, 3.63) is 35.5 Å². The zero-order valence-electron chi connectivity index (χ0n) is 9.77. The van der Waals surface area contributed by atoms with E-state index in [1.807, 2.05) is 0 Å². The van der Waals surface area contributed by atoms with Gasteiger partial charge in [-0.1, -0.05) is 11.6 Å². The van der Waals surface area contributed by atoms with Gasteiger partial charge in [-0.05, 0) is 19.2 Å². The van der Waals surface area contributed by atoms with E-state index in [1.54, 1.807) is 18.4 Å². The molecule has 4 nitrogen and oxygen atoms in total. The Morgan fingerprint density at radius 3 is 2.89 bits per heavy atom. The van der Waals surface area contributed by atoms with Gasteiger partial charge in [0.25, 0.3) is 0 Å². The van der Waals surface area contributed by atoms with Gasteiger partial charge < -0.3 is 10.5 Å². The van der Waals surface area contributed by atoms with Crippen LogP contribution in [0.25, 0.3) is 0 Å². The number of primary amides is 1. The molecule has 1 amide bonds. The van der Waals surface area contributed by atoms with Crippen LogP contribution in [0.15, 0.2) is 18.2 Å². The highest BCUT2D eigenvalue weighted by molar-refractivity contribution is 6.30. The predicted molar refractivity (Wildman–Crippen MR) is 65.7 cm³/mol. The topological polar surface area (TPSA) is 55.6 Å². The first-order chi connectivity index (χ1) is 8.47. The summed E-state index contributed by atoms with van der Waals surface area (Å²) in [5.74, 6) is -0.451. The lowest BCUT2D eigenvalue weighted by molar-refractivity contribution is -0.120. The maximum absolute atomic E-state index is 13.0. The summed E-state index contributed by atoms with van der Waals surface area (Å²) < 4.78 is 18.6. The van der Waals surface area contributed by atoms with Gasteiger partial charge in [0, 0.05) is 19.0 Å². The maximum Gasteiger partial charge on any atom is 0.235 e. The van der Waals surface area contributed by atoms with E-state index in [4.69, 9.17) is 22.1 Å². The third-order valence-corrected chi connectivity index (χ3v) is 3.10. The summed E-state index contributed by atoms with van der Waals surface area (Å²) in [6.45, 7) is 0.544. The Kier molecular flexibility index (Phi) is 3.73. The molecule has 2 rings (SSSR count). The third-order valence-electron chi connectivity index (χ3n) is 2.81. The van der Waals surface area contributed by atoms with Gasteiger partial charge in [-0.2, -0.15) is 0 Å². The molecule has 1 heterocycles. The molecule has 18 heavy (non-hydrogen) atoms. The number of nitrogens with zero attached hydrogens (tertiary/aromatic N) is 1. The number of carbonyl (C=O) groups excluding carboxylic acids is 1. The minimum absolute atomic E-state index is 0.00491. The third kappa shape index (κ3) is 2.73. The van der Waals surface area contributed by atoms with Crippen LogP contribution >= 0.6 is 11.6 Å². The Bertz CT molecular complexity index is 469. The van der Waals surface area contributed by atoms with Crippen LogP contribution in [-0.2, 0) is 4.79 Å². The smallest absolute Gasteiger partial charge is 0.235 e. The molecule has 0 aromatic heterocycles. The lowest BCUT2D eigenvalue weighted by Gasteiger charge is -2.14. The molecule has 2 atom stereocenters. The van der Waals surface area contributed by atoms with E-state index < -0.39 is 17.8 Å². The van der Waals surface area contributed by atoms with Crippen LogP contribution in [-0.4, -0.2) is 36.5 Å². The summed E-state index contributed by atoms with van der Waals surface area (Å²) >= 11 is 5.66. The second-order valence-corrected chi connectivity index (χ2v) is 4.62. The Morgan fingerprint density at radius 2 is 2.33 bits per heavy atom. The van der Waals surface area contributed by atoms with Crippen molar-refractivity contribution >= 4 is 17.5 Å². The molecule has 97 valence electrons. The Hall–Kier alpha value is -1.33.